The van der Waals surface area contributed by atoms with Gasteiger partial charge in [0.15, 0.2) is 41.4 Å². The Balaban J connectivity index is 0.876. The first kappa shape index (κ1) is 57.5. The average molecular weight is 1190 g/mol. The number of methoxy groups -OCH3 is 3. The van der Waals surface area contributed by atoms with Crippen molar-refractivity contribution in [2.45, 2.75) is 73.6 Å². The molecule has 6 aromatic rings. The molecule has 9 rings (SSSR count). The second-order valence-electron chi connectivity index (χ2n) is 17.1. The van der Waals surface area contributed by atoms with Crippen LogP contribution in [0, 0.1) is 0 Å². The molecule has 0 saturated carbocycles. The van der Waals surface area contributed by atoms with E-state index in [2.05, 4.69) is 53.8 Å². The van der Waals surface area contributed by atoms with Crippen molar-refractivity contribution >= 4 is 82.5 Å². The highest BCUT2D eigenvalue weighted by atomic mass is 31.3. The van der Waals surface area contributed by atoms with Gasteiger partial charge < -0.3 is 75.0 Å². The molecule has 13 N–H and O–H groups in total. The standard InChI is InChI=1S/C35H49N15O24P4/c1-38-25-16-26(40-9-39-25)48(10-41-16)32-24(65-5)22(72-75(55,56)66-6-13-19(51)20(52)31(69-13)49-11-42-17-27(49)43-34(36)45-29(17)53)15(71-32)8-68-77(59,60)74-78(61,62)73-76(57,58)67-7-14-21(63-3)23(64-4)33(70-14)50-12-47(2)18-28(50)44-35(37)46-30(18)54/h9-15,19-24,31-33,51-52H,6-8H2,1-5H3,(H10-,36,37,38,39,40,43,44,45,46,53,54,55,56,57,58,59,60,61,62)/p+1/t13-,14-,15-,19+,20?,21+,22+,23?,24?,31-,32-,33-/m1/s1. The van der Waals surface area contributed by atoms with Crippen LogP contribution in [0.25, 0.3) is 33.5 Å². The molecule has 3 saturated heterocycles. The first-order chi connectivity index (χ1) is 36.8. The van der Waals surface area contributed by atoms with E-state index in [0.29, 0.717) is 0 Å². The minimum absolute atomic E-state index is 0.0536. The predicted octanol–water partition coefficient (Wildman–Crippen LogP) is -2.94. The number of phosphoric ester groups is 3. The van der Waals surface area contributed by atoms with Gasteiger partial charge in [-0.3, -0.25) is 51.4 Å². The third kappa shape index (κ3) is 11.4. The lowest BCUT2D eigenvalue weighted by Crippen LogP contribution is -2.47. The van der Waals surface area contributed by atoms with Crippen LogP contribution in [0.5, 0.6) is 0 Å². The summed E-state index contributed by atoms with van der Waals surface area (Å²) < 4.78 is 122. The summed E-state index contributed by atoms with van der Waals surface area (Å²) in [6.07, 6.45) is -12.9. The molecule has 0 amide bonds. The van der Waals surface area contributed by atoms with Crippen molar-refractivity contribution in [1.29, 1.82) is 0 Å². The molecule has 78 heavy (non-hydrogen) atoms. The monoisotopic (exact) mass is 1190 g/mol. The molecular weight excluding hydrogens is 1140 g/mol. The number of aliphatic hydroxyl groups is 2. The molecule has 3 aliphatic heterocycles. The molecule has 3 fully saturated rings. The van der Waals surface area contributed by atoms with Gasteiger partial charge in [-0.25, -0.2) is 42.8 Å². The second-order valence-corrected chi connectivity index (χ2v) is 23.1. The van der Waals surface area contributed by atoms with Crippen molar-refractivity contribution in [3.8, 4) is 0 Å². The summed E-state index contributed by atoms with van der Waals surface area (Å²) in [4.78, 5) is 97.2. The van der Waals surface area contributed by atoms with Crippen LogP contribution in [0.1, 0.15) is 18.7 Å². The normalized spacial score (nSPS) is 29.7. The molecule has 3 aliphatic rings. The van der Waals surface area contributed by atoms with Crippen LogP contribution < -0.4 is 32.5 Å². The van der Waals surface area contributed by atoms with Gasteiger partial charge in [-0.15, -0.1) is 0 Å². The fraction of sp³-hybridized carbons (Fsp3) is 0.571. The lowest BCUT2D eigenvalue weighted by Gasteiger charge is -2.26. The number of nitrogens with zero attached hydrogens (tertiary/aromatic N) is 10. The SMILES string of the molecule is CNc1ncnc2c1ncn2[C@@H]1O[C@H](COP(=O)(O)OP(=O)(O)OP(=O)(O)OC[C@H]2O[C@@H]([n+]3cn(C)c4c(=O)[nH]c(N)nc43)C(OC)[C@H]2OC)[C@H](OP(=O)(O)OC[C@H]2O[C@@H](n3cnc4c(=O)[nH]c(N)nc43)C(O)[C@H]2O)C1OC. The van der Waals surface area contributed by atoms with Crippen molar-refractivity contribution in [2.24, 2.45) is 7.05 Å². The van der Waals surface area contributed by atoms with Gasteiger partial charge in [-0.2, -0.15) is 13.6 Å². The maximum absolute atomic E-state index is 13.8. The molecule has 9 heterocycles. The van der Waals surface area contributed by atoms with Gasteiger partial charge in [0.05, 0.1) is 39.5 Å². The summed E-state index contributed by atoms with van der Waals surface area (Å²) >= 11 is 0. The van der Waals surface area contributed by atoms with E-state index in [1.165, 1.54) is 47.6 Å². The number of aromatic nitrogens is 12. The number of aliphatic hydroxyl groups excluding tert-OH is 2. The minimum atomic E-state index is -6.16. The Labute approximate surface area is 434 Å². The number of aryl methyl sites for hydroxylation is 1. The Bertz CT molecular complexity index is 3530. The van der Waals surface area contributed by atoms with Crippen LogP contribution in [0.3, 0.4) is 0 Å². The van der Waals surface area contributed by atoms with Gasteiger partial charge in [0.1, 0.15) is 66.8 Å². The number of hydrogen-bond acceptors (Lipinski definition) is 29. The number of fused-ring (bicyclic) bond motifs is 3. The zero-order valence-electron chi connectivity index (χ0n) is 40.8. The number of rotatable bonds is 22. The van der Waals surface area contributed by atoms with E-state index < -0.39 is 136 Å². The van der Waals surface area contributed by atoms with E-state index in [-0.39, 0.29) is 51.2 Å². The van der Waals surface area contributed by atoms with Crippen LogP contribution in [0.4, 0.5) is 17.7 Å². The average Bonchev–Trinajstić information content (AvgIpc) is 4.32. The highest BCUT2D eigenvalue weighted by Crippen LogP contribution is 2.68. The number of imidazole rings is 3. The molecule has 428 valence electrons. The van der Waals surface area contributed by atoms with E-state index in [1.807, 2.05) is 0 Å². The van der Waals surface area contributed by atoms with Crippen molar-refractivity contribution in [1.82, 2.24) is 53.6 Å². The Morgan fingerprint density at radius 1 is 0.679 bits per heavy atom. The van der Waals surface area contributed by atoms with Crippen LogP contribution in [0.15, 0.2) is 34.9 Å². The molecule has 6 aromatic heterocycles. The van der Waals surface area contributed by atoms with Crippen LogP contribution in [0.2, 0.25) is 0 Å². The number of aromatic amines is 2. The number of ether oxygens (including phenoxy) is 6. The van der Waals surface area contributed by atoms with Crippen LogP contribution in [-0.2, 0) is 80.4 Å². The maximum Gasteiger partial charge on any atom is 0.490 e. The molecular formula is C35H50N15O24P4+. The Kier molecular flexibility index (Phi) is 16.3. The maximum atomic E-state index is 13.8. The van der Waals surface area contributed by atoms with Crippen LogP contribution in [-0.4, -0.2) is 186 Å². The number of nitrogen functional groups attached to an aromatic ring is 2. The Morgan fingerprint density at radius 2 is 1.24 bits per heavy atom. The minimum Gasteiger partial charge on any atom is -0.387 e. The lowest BCUT2D eigenvalue weighted by molar-refractivity contribution is -0.746. The smallest absolute Gasteiger partial charge is 0.387 e. The number of nitrogens with two attached hydrogens (primary N) is 2. The molecule has 16 atom stereocenters. The number of H-pyrrole nitrogens is 2. The highest BCUT2D eigenvalue weighted by molar-refractivity contribution is 7.66. The fourth-order valence-corrected chi connectivity index (χ4v) is 13.4. The van der Waals surface area contributed by atoms with Gasteiger partial charge in [-0.1, -0.05) is 4.98 Å². The highest BCUT2D eigenvalue weighted by Gasteiger charge is 2.54. The summed E-state index contributed by atoms with van der Waals surface area (Å²) in [5.74, 6) is -0.274. The first-order valence-electron chi connectivity index (χ1n) is 22.4. The zero-order chi connectivity index (χ0) is 56.4. The number of anilines is 3. The van der Waals surface area contributed by atoms with E-state index in [4.69, 9.17) is 58.0 Å². The molecule has 0 aliphatic carbocycles. The largest absolute Gasteiger partial charge is 0.490 e. The summed E-state index contributed by atoms with van der Waals surface area (Å²) in [6.45, 7) is -3.12. The van der Waals surface area contributed by atoms with E-state index in [9.17, 15) is 57.6 Å². The third-order valence-electron chi connectivity index (χ3n) is 12.3. The fourth-order valence-electron chi connectivity index (χ4n) is 8.96. The Morgan fingerprint density at radius 3 is 1.88 bits per heavy atom. The summed E-state index contributed by atoms with van der Waals surface area (Å²) in [5.41, 5.74) is 10.3. The first-order valence-corrected chi connectivity index (χ1v) is 28.4. The zero-order valence-corrected chi connectivity index (χ0v) is 44.4. The second kappa shape index (κ2) is 22.1. The molecule has 0 radical (unpaired) electrons. The van der Waals surface area contributed by atoms with Gasteiger partial charge in [0.25, 0.3) is 17.1 Å². The third-order valence-corrected chi connectivity index (χ3v) is 17.5. The molecule has 43 heteroatoms. The quantitative estimate of drug-likeness (QED) is 0.0239. The van der Waals surface area contributed by atoms with Crippen molar-refractivity contribution < 1.29 is 108 Å². The summed E-state index contributed by atoms with van der Waals surface area (Å²) in [5, 5.41) is 24.6. The lowest BCUT2D eigenvalue weighted by atomic mass is 10.1. The molecule has 7 unspecified atom stereocenters. The number of phosphoric acid groups is 4. The molecule has 0 bridgehead atoms. The van der Waals surface area contributed by atoms with Gasteiger partial charge in [0.2, 0.25) is 17.7 Å². The van der Waals surface area contributed by atoms with Crippen molar-refractivity contribution in [3.63, 3.8) is 0 Å². The number of nitrogens with one attached hydrogen (secondary N) is 3. The van der Waals surface area contributed by atoms with E-state index in [0.717, 1.165) is 24.3 Å². The summed E-state index contributed by atoms with van der Waals surface area (Å²) in [6, 6.07) is 0. The van der Waals surface area contributed by atoms with Crippen molar-refractivity contribution in [2.75, 3.05) is 65.0 Å². The molecule has 0 aromatic carbocycles. The van der Waals surface area contributed by atoms with Gasteiger partial charge in [-0.05, 0) is 0 Å². The van der Waals surface area contributed by atoms with Gasteiger partial charge >= 0.3 is 36.9 Å². The predicted molar refractivity (Wildman–Crippen MR) is 254 cm³/mol. The summed E-state index contributed by atoms with van der Waals surface area (Å²) in [7, 11) is -16.5. The molecule has 0 spiro atoms. The molecule has 39 nitrogen and oxygen atoms in total. The van der Waals surface area contributed by atoms with E-state index >= 15 is 0 Å². The number of hydrogen-bond donors (Lipinski definition) is 11. The topological polar surface area (TPSA) is 526 Å². The van der Waals surface area contributed by atoms with Gasteiger partial charge in [0, 0.05) is 28.4 Å². The van der Waals surface area contributed by atoms with E-state index in [1.54, 1.807) is 7.05 Å². The van der Waals surface area contributed by atoms with Crippen LogP contribution >= 0.6 is 31.3 Å². The Hall–Kier alpha value is -5.15. The van der Waals surface area contributed by atoms with Crippen molar-refractivity contribution in [3.05, 3.63) is 46.0 Å².